The Bertz CT molecular complexity index is 400. The van der Waals surface area contributed by atoms with Crippen molar-refractivity contribution in [3.63, 3.8) is 0 Å². The number of alkyl halides is 2. The molecule has 0 unspecified atom stereocenters. The fourth-order valence-electron chi connectivity index (χ4n) is 1.06. The second kappa shape index (κ2) is 3.99. The Hall–Kier alpha value is -1.72. The molecule has 0 saturated heterocycles. The topological polar surface area (TPSA) is 59.2 Å². The van der Waals surface area contributed by atoms with Gasteiger partial charge in [-0.3, -0.25) is 9.59 Å². The maximum atomic E-state index is 12.4. The van der Waals surface area contributed by atoms with Gasteiger partial charge in [0.25, 0.3) is 12.0 Å². The SMILES string of the molecule is COc1c(C=O)c[nH]c(=O)c1C(F)F. The summed E-state index contributed by atoms with van der Waals surface area (Å²) in [5, 5.41) is 0. The van der Waals surface area contributed by atoms with Gasteiger partial charge in [0.15, 0.2) is 6.29 Å². The Labute approximate surface area is 77.5 Å². The van der Waals surface area contributed by atoms with Gasteiger partial charge in [-0.15, -0.1) is 0 Å². The minimum atomic E-state index is -2.98. The number of aromatic nitrogens is 1. The zero-order chi connectivity index (χ0) is 10.7. The van der Waals surface area contributed by atoms with Crippen molar-refractivity contribution in [1.82, 2.24) is 4.98 Å². The maximum Gasteiger partial charge on any atom is 0.272 e. The number of carbonyl (C=O) groups excluding carboxylic acids is 1. The number of nitrogens with one attached hydrogen (secondary N) is 1. The van der Waals surface area contributed by atoms with Crippen LogP contribution in [0.3, 0.4) is 0 Å². The van der Waals surface area contributed by atoms with Crippen molar-refractivity contribution in [2.24, 2.45) is 0 Å². The van der Waals surface area contributed by atoms with Gasteiger partial charge in [0, 0.05) is 6.20 Å². The number of aldehydes is 1. The Morgan fingerprint density at radius 2 is 2.21 bits per heavy atom. The van der Waals surface area contributed by atoms with Gasteiger partial charge in [0.05, 0.1) is 12.7 Å². The lowest BCUT2D eigenvalue weighted by atomic mass is 10.2. The molecule has 14 heavy (non-hydrogen) atoms. The lowest BCUT2D eigenvalue weighted by Crippen LogP contribution is -2.15. The summed E-state index contributed by atoms with van der Waals surface area (Å²) in [6.45, 7) is 0. The number of halogens is 2. The fourth-order valence-corrected chi connectivity index (χ4v) is 1.06. The van der Waals surface area contributed by atoms with Gasteiger partial charge in [0.2, 0.25) is 0 Å². The number of pyridine rings is 1. The van der Waals surface area contributed by atoms with Crippen molar-refractivity contribution in [2.45, 2.75) is 6.43 Å². The largest absolute Gasteiger partial charge is 0.495 e. The molecule has 0 atom stereocenters. The van der Waals surface area contributed by atoms with Crippen LogP contribution in [0, 0.1) is 0 Å². The van der Waals surface area contributed by atoms with Gasteiger partial charge in [-0.25, -0.2) is 8.78 Å². The van der Waals surface area contributed by atoms with Gasteiger partial charge >= 0.3 is 0 Å². The van der Waals surface area contributed by atoms with Gasteiger partial charge in [-0.1, -0.05) is 0 Å². The highest BCUT2D eigenvalue weighted by atomic mass is 19.3. The molecule has 1 N–H and O–H groups in total. The monoisotopic (exact) mass is 203 g/mol. The summed E-state index contributed by atoms with van der Waals surface area (Å²) in [7, 11) is 1.12. The van der Waals surface area contributed by atoms with Crippen LogP contribution >= 0.6 is 0 Å². The summed E-state index contributed by atoms with van der Waals surface area (Å²) in [5.41, 5.74) is -1.89. The molecule has 76 valence electrons. The van der Waals surface area contributed by atoms with Crippen LogP contribution in [0.15, 0.2) is 11.0 Å². The second-order valence-corrected chi connectivity index (χ2v) is 2.44. The molecule has 1 aromatic rings. The number of ether oxygens (including phenoxy) is 1. The van der Waals surface area contributed by atoms with E-state index in [2.05, 4.69) is 4.74 Å². The molecule has 0 aliphatic carbocycles. The number of H-pyrrole nitrogens is 1. The minimum Gasteiger partial charge on any atom is -0.495 e. The van der Waals surface area contributed by atoms with Crippen LogP contribution in [0.1, 0.15) is 22.3 Å². The number of methoxy groups -OCH3 is 1. The van der Waals surface area contributed by atoms with E-state index < -0.39 is 17.5 Å². The van der Waals surface area contributed by atoms with Crippen molar-refractivity contribution in [3.8, 4) is 5.75 Å². The van der Waals surface area contributed by atoms with Crippen LogP contribution in [0.2, 0.25) is 0 Å². The van der Waals surface area contributed by atoms with Crippen molar-refractivity contribution in [3.05, 3.63) is 27.7 Å². The summed E-state index contributed by atoms with van der Waals surface area (Å²) in [5.74, 6) is -0.376. The fraction of sp³-hybridized carbons (Fsp3) is 0.250. The molecule has 0 aliphatic rings. The predicted molar refractivity (Wildman–Crippen MR) is 44.0 cm³/mol. The number of carbonyl (C=O) groups is 1. The van der Waals surface area contributed by atoms with E-state index in [1.165, 1.54) is 0 Å². The number of aromatic amines is 1. The third kappa shape index (κ3) is 1.63. The molecule has 0 bridgehead atoms. The molecule has 1 heterocycles. The van der Waals surface area contributed by atoms with Gasteiger partial charge in [-0.05, 0) is 0 Å². The van der Waals surface area contributed by atoms with Crippen LogP contribution in [-0.2, 0) is 0 Å². The molecular weight excluding hydrogens is 196 g/mol. The molecule has 0 spiro atoms. The van der Waals surface area contributed by atoms with E-state index in [0.717, 1.165) is 13.3 Å². The van der Waals surface area contributed by atoms with Crippen LogP contribution in [0.5, 0.6) is 5.75 Å². The first-order valence-electron chi connectivity index (χ1n) is 3.64. The van der Waals surface area contributed by atoms with E-state index in [-0.39, 0.29) is 11.3 Å². The van der Waals surface area contributed by atoms with Crippen LogP contribution in [0.4, 0.5) is 8.78 Å². The van der Waals surface area contributed by atoms with Crippen LogP contribution < -0.4 is 10.3 Å². The van der Waals surface area contributed by atoms with E-state index in [9.17, 15) is 18.4 Å². The van der Waals surface area contributed by atoms with Crippen LogP contribution in [0.25, 0.3) is 0 Å². The van der Waals surface area contributed by atoms with E-state index in [1.807, 2.05) is 4.98 Å². The maximum absolute atomic E-state index is 12.4. The van der Waals surface area contributed by atoms with Crippen molar-refractivity contribution in [1.29, 1.82) is 0 Å². The third-order valence-electron chi connectivity index (χ3n) is 1.66. The normalized spacial score (nSPS) is 10.3. The smallest absolute Gasteiger partial charge is 0.272 e. The van der Waals surface area contributed by atoms with E-state index in [4.69, 9.17) is 0 Å². The quantitative estimate of drug-likeness (QED) is 0.749. The Balaban J connectivity index is 3.50. The zero-order valence-corrected chi connectivity index (χ0v) is 7.21. The first kappa shape index (κ1) is 10.4. The summed E-state index contributed by atoms with van der Waals surface area (Å²) in [6.07, 6.45) is -1.62. The van der Waals surface area contributed by atoms with Gasteiger partial charge < -0.3 is 9.72 Å². The summed E-state index contributed by atoms with van der Waals surface area (Å²) >= 11 is 0. The highest BCUT2D eigenvalue weighted by Gasteiger charge is 2.21. The van der Waals surface area contributed by atoms with Crippen molar-refractivity contribution >= 4 is 6.29 Å². The highest BCUT2D eigenvalue weighted by molar-refractivity contribution is 5.79. The molecule has 0 aliphatic heterocycles. The average Bonchev–Trinajstić information content (AvgIpc) is 2.16. The predicted octanol–water partition coefficient (Wildman–Crippen LogP) is 1.13. The third-order valence-corrected chi connectivity index (χ3v) is 1.66. The van der Waals surface area contributed by atoms with E-state index >= 15 is 0 Å². The molecule has 0 saturated carbocycles. The lowest BCUT2D eigenvalue weighted by molar-refractivity contribution is 0.111. The lowest BCUT2D eigenvalue weighted by Gasteiger charge is -2.07. The Kier molecular flexibility index (Phi) is 2.95. The number of hydrogen-bond acceptors (Lipinski definition) is 3. The molecule has 1 rings (SSSR count). The van der Waals surface area contributed by atoms with Crippen molar-refractivity contribution in [2.75, 3.05) is 7.11 Å². The average molecular weight is 203 g/mol. The first-order chi connectivity index (χ1) is 6.61. The Morgan fingerprint density at radius 3 is 2.64 bits per heavy atom. The molecular formula is C8H7F2NO3. The molecule has 6 heteroatoms. The molecule has 0 fully saturated rings. The number of rotatable bonds is 3. The van der Waals surface area contributed by atoms with Gasteiger partial charge in [-0.2, -0.15) is 0 Å². The highest BCUT2D eigenvalue weighted by Crippen LogP contribution is 2.27. The van der Waals surface area contributed by atoms with Crippen LogP contribution in [-0.4, -0.2) is 18.4 Å². The van der Waals surface area contributed by atoms with E-state index in [0.29, 0.717) is 6.29 Å². The zero-order valence-electron chi connectivity index (χ0n) is 7.21. The molecule has 0 aromatic carbocycles. The summed E-state index contributed by atoms with van der Waals surface area (Å²) < 4.78 is 29.3. The molecule has 1 aromatic heterocycles. The minimum absolute atomic E-state index is 0.109. The summed E-state index contributed by atoms with van der Waals surface area (Å²) in [4.78, 5) is 23.4. The molecule has 0 amide bonds. The molecule has 0 radical (unpaired) electrons. The Morgan fingerprint density at radius 1 is 1.57 bits per heavy atom. The molecule has 4 nitrogen and oxygen atoms in total. The van der Waals surface area contributed by atoms with Crippen molar-refractivity contribution < 1.29 is 18.3 Å². The second-order valence-electron chi connectivity index (χ2n) is 2.44. The first-order valence-corrected chi connectivity index (χ1v) is 3.64. The standard InChI is InChI=1S/C8H7F2NO3/c1-14-6-4(3-12)2-11-8(13)5(6)7(9)10/h2-3,7H,1H3,(H,11,13). The number of hydrogen-bond donors (Lipinski definition) is 1. The van der Waals surface area contributed by atoms with Gasteiger partial charge in [0.1, 0.15) is 11.3 Å². The summed E-state index contributed by atoms with van der Waals surface area (Å²) in [6, 6.07) is 0. The van der Waals surface area contributed by atoms with E-state index in [1.54, 1.807) is 0 Å².